The van der Waals surface area contributed by atoms with Crippen molar-refractivity contribution >= 4 is 12.6 Å². The number of hydrogen-bond donors (Lipinski definition) is 2. The number of nitrogens with two attached hydrogens (primary N) is 1. The van der Waals surface area contributed by atoms with Gasteiger partial charge in [0.05, 0.1) is 0 Å². The average molecular weight is 402 g/mol. The summed E-state index contributed by atoms with van der Waals surface area (Å²) in [6.45, 7) is 19.5. The minimum atomic E-state index is -2.99. The number of hydrogen-bond acceptors (Lipinski definition) is 2. The molecule has 2 N–H and O–H groups in total. The highest BCUT2D eigenvalue weighted by Gasteiger charge is 2.36. The second-order valence-electron chi connectivity index (χ2n) is 6.32. The van der Waals surface area contributed by atoms with Crippen LogP contribution >= 0.6 is 12.6 Å². The molecule has 0 spiro atoms. The summed E-state index contributed by atoms with van der Waals surface area (Å²) in [6, 6.07) is 6.26. The van der Waals surface area contributed by atoms with Crippen LogP contribution in [0.25, 0.3) is 0 Å². The highest BCUT2D eigenvalue weighted by atomic mass is 32.1. The largest absolute Gasteiger partial charge is 0.326 e. The predicted molar refractivity (Wildman–Crippen MR) is 123 cm³/mol. The first-order valence-corrected chi connectivity index (χ1v) is 10.1. The molecular formula is C23H41F2NS. The Labute approximate surface area is 172 Å². The Hall–Kier alpha value is -1.13. The van der Waals surface area contributed by atoms with E-state index in [2.05, 4.69) is 33.4 Å². The van der Waals surface area contributed by atoms with Crippen LogP contribution in [-0.4, -0.2) is 4.75 Å². The lowest BCUT2D eigenvalue weighted by Crippen LogP contribution is -2.18. The zero-order chi connectivity index (χ0) is 22.3. The standard InChI is InChI=1S/C15H19F2N.C4H10S.2C2H6/c1-4-11(3)14(5-2)15(16,17)13-8-6-7-12(9-13)10-18;1-4(2,3)5;2*1-2/h4-9H,10,18H2,1-3H3;5H,1-3H3;2*1-2H3/b11-4-,14-5+;;;. The number of halogens is 2. The Morgan fingerprint density at radius 1 is 1.04 bits per heavy atom. The van der Waals surface area contributed by atoms with Crippen molar-refractivity contribution in [3.8, 4) is 0 Å². The summed E-state index contributed by atoms with van der Waals surface area (Å²) in [5, 5.41) is 0. The molecular weight excluding hydrogens is 360 g/mol. The molecule has 1 aromatic rings. The zero-order valence-electron chi connectivity index (χ0n) is 19.0. The predicted octanol–water partition coefficient (Wildman–Crippen LogP) is 7.92. The van der Waals surface area contributed by atoms with E-state index in [1.165, 1.54) is 18.2 Å². The minimum absolute atomic E-state index is 0.0141. The first-order valence-electron chi connectivity index (χ1n) is 9.67. The molecule has 1 aromatic carbocycles. The lowest BCUT2D eigenvalue weighted by Gasteiger charge is -2.21. The molecule has 0 heterocycles. The molecule has 0 aliphatic carbocycles. The van der Waals surface area contributed by atoms with Crippen LogP contribution in [0.3, 0.4) is 0 Å². The number of rotatable bonds is 4. The molecule has 0 saturated heterocycles. The summed E-state index contributed by atoms with van der Waals surface area (Å²) in [7, 11) is 0. The average Bonchev–Trinajstić information content (AvgIpc) is 2.64. The molecule has 1 nitrogen and oxygen atoms in total. The molecule has 0 radical (unpaired) electrons. The zero-order valence-corrected chi connectivity index (χ0v) is 19.8. The smallest absolute Gasteiger partial charge is 0.298 e. The van der Waals surface area contributed by atoms with Gasteiger partial charge in [-0.3, -0.25) is 0 Å². The summed E-state index contributed by atoms with van der Waals surface area (Å²) in [6.07, 6.45) is 3.15. The molecule has 0 atom stereocenters. The van der Waals surface area contributed by atoms with Crippen LogP contribution in [0.2, 0.25) is 0 Å². The van der Waals surface area contributed by atoms with Crippen molar-refractivity contribution in [1.82, 2.24) is 0 Å². The van der Waals surface area contributed by atoms with Gasteiger partial charge in [-0.05, 0) is 38.0 Å². The van der Waals surface area contributed by atoms with E-state index >= 15 is 0 Å². The molecule has 0 amide bonds. The summed E-state index contributed by atoms with van der Waals surface area (Å²) in [4.78, 5) is 0. The van der Waals surface area contributed by atoms with Gasteiger partial charge >= 0.3 is 0 Å². The fourth-order valence-corrected chi connectivity index (χ4v) is 1.86. The molecule has 0 bridgehead atoms. The van der Waals surface area contributed by atoms with Crippen molar-refractivity contribution in [2.75, 3.05) is 0 Å². The van der Waals surface area contributed by atoms with E-state index in [-0.39, 0.29) is 22.4 Å². The van der Waals surface area contributed by atoms with E-state index in [0.29, 0.717) is 11.1 Å². The fourth-order valence-electron chi connectivity index (χ4n) is 1.86. The molecule has 0 aliphatic rings. The molecule has 158 valence electrons. The lowest BCUT2D eigenvalue weighted by molar-refractivity contribution is 0.0402. The monoisotopic (exact) mass is 401 g/mol. The second kappa shape index (κ2) is 15.9. The summed E-state index contributed by atoms with van der Waals surface area (Å²) in [5.74, 6) is -2.99. The van der Waals surface area contributed by atoms with Crippen LogP contribution in [0.5, 0.6) is 0 Å². The van der Waals surface area contributed by atoms with Crippen LogP contribution < -0.4 is 5.73 Å². The van der Waals surface area contributed by atoms with Gasteiger partial charge in [0.15, 0.2) is 0 Å². The molecule has 0 saturated carbocycles. The van der Waals surface area contributed by atoms with Gasteiger partial charge < -0.3 is 5.73 Å². The van der Waals surface area contributed by atoms with E-state index in [4.69, 9.17) is 5.73 Å². The molecule has 1 rings (SSSR count). The molecule has 0 fully saturated rings. The Morgan fingerprint density at radius 2 is 1.48 bits per heavy atom. The highest BCUT2D eigenvalue weighted by molar-refractivity contribution is 7.81. The topological polar surface area (TPSA) is 26.0 Å². The van der Waals surface area contributed by atoms with Gasteiger partial charge in [-0.25, -0.2) is 0 Å². The number of allylic oxidation sites excluding steroid dienone is 4. The van der Waals surface area contributed by atoms with Crippen LogP contribution in [0.4, 0.5) is 8.78 Å². The molecule has 0 aliphatic heterocycles. The normalized spacial score (nSPS) is 11.9. The van der Waals surface area contributed by atoms with Crippen LogP contribution in [0.1, 0.15) is 80.4 Å². The maximum absolute atomic E-state index is 14.4. The molecule has 4 heteroatoms. The molecule has 27 heavy (non-hydrogen) atoms. The lowest BCUT2D eigenvalue weighted by atomic mass is 9.93. The van der Waals surface area contributed by atoms with Gasteiger partial charge in [0.2, 0.25) is 0 Å². The summed E-state index contributed by atoms with van der Waals surface area (Å²) in [5.41, 5.74) is 6.81. The first-order chi connectivity index (χ1) is 12.5. The SMILES string of the molecule is C/C=C(C)\C(=C/C)C(F)(F)c1cccc(CN)c1.CC.CC.CC(C)(C)S. The van der Waals surface area contributed by atoms with E-state index in [9.17, 15) is 8.78 Å². The molecule has 0 unspecified atom stereocenters. The summed E-state index contributed by atoms with van der Waals surface area (Å²) >= 11 is 4.12. The van der Waals surface area contributed by atoms with Gasteiger partial charge in [-0.15, -0.1) is 0 Å². The minimum Gasteiger partial charge on any atom is -0.326 e. The van der Waals surface area contributed by atoms with Crippen molar-refractivity contribution in [2.45, 2.75) is 86.5 Å². The fraction of sp³-hybridized carbons (Fsp3) is 0.565. The highest BCUT2D eigenvalue weighted by Crippen LogP contribution is 2.39. The van der Waals surface area contributed by atoms with Crippen LogP contribution in [-0.2, 0) is 12.5 Å². The van der Waals surface area contributed by atoms with Crippen LogP contribution in [0, 0.1) is 0 Å². The van der Waals surface area contributed by atoms with E-state index < -0.39 is 5.92 Å². The number of alkyl halides is 2. The third-order valence-electron chi connectivity index (χ3n) is 3.01. The van der Waals surface area contributed by atoms with Crippen molar-refractivity contribution in [2.24, 2.45) is 5.73 Å². The van der Waals surface area contributed by atoms with E-state index in [1.807, 2.05) is 27.7 Å². The Balaban J connectivity index is -0.000000543. The van der Waals surface area contributed by atoms with Gasteiger partial charge in [0.1, 0.15) is 0 Å². The van der Waals surface area contributed by atoms with Gasteiger partial charge in [0.25, 0.3) is 5.92 Å². The maximum atomic E-state index is 14.4. The third-order valence-corrected chi connectivity index (χ3v) is 3.01. The summed E-state index contributed by atoms with van der Waals surface area (Å²) < 4.78 is 29.0. The third kappa shape index (κ3) is 13.7. The van der Waals surface area contributed by atoms with Crippen LogP contribution in [0.15, 0.2) is 47.6 Å². The second-order valence-corrected chi connectivity index (χ2v) is 7.67. The Kier molecular flexibility index (Phi) is 18.0. The van der Waals surface area contributed by atoms with Gasteiger partial charge in [0, 0.05) is 22.4 Å². The number of benzene rings is 1. The molecule has 0 aromatic heterocycles. The number of thiol groups is 1. The Morgan fingerprint density at radius 3 is 1.81 bits per heavy atom. The van der Waals surface area contributed by atoms with E-state index in [1.54, 1.807) is 39.0 Å². The Bertz CT molecular complexity index is 550. The maximum Gasteiger partial charge on any atom is 0.298 e. The van der Waals surface area contributed by atoms with Gasteiger partial charge in [-0.1, -0.05) is 78.8 Å². The van der Waals surface area contributed by atoms with E-state index in [0.717, 1.165) is 0 Å². The van der Waals surface area contributed by atoms with Crippen molar-refractivity contribution in [3.05, 3.63) is 58.7 Å². The van der Waals surface area contributed by atoms with Crippen molar-refractivity contribution in [1.29, 1.82) is 0 Å². The van der Waals surface area contributed by atoms with Gasteiger partial charge in [-0.2, -0.15) is 21.4 Å². The first kappa shape index (κ1) is 30.6. The van der Waals surface area contributed by atoms with Crippen molar-refractivity contribution in [3.63, 3.8) is 0 Å². The quantitative estimate of drug-likeness (QED) is 0.389. The van der Waals surface area contributed by atoms with Crippen molar-refractivity contribution < 1.29 is 8.78 Å².